The Kier molecular flexibility index (Phi) is 7.64. The molecule has 0 spiro atoms. The summed E-state index contributed by atoms with van der Waals surface area (Å²) in [6, 6.07) is 32.2. The van der Waals surface area contributed by atoms with Crippen LogP contribution in [-0.2, 0) is 23.7 Å². The minimum Gasteiger partial charge on any atom is -0.0627 e. The van der Waals surface area contributed by atoms with Crippen molar-refractivity contribution in [2.75, 3.05) is 0 Å². The molecule has 0 heteroatoms. The van der Waals surface area contributed by atoms with Crippen LogP contribution in [-0.4, -0.2) is 0 Å². The van der Waals surface area contributed by atoms with E-state index in [1.807, 2.05) is 0 Å². The highest BCUT2D eigenvalue weighted by atomic mass is 14.4. The fourth-order valence-electron chi connectivity index (χ4n) is 7.54. The molecule has 0 amide bonds. The maximum absolute atomic E-state index is 2.56. The van der Waals surface area contributed by atoms with Gasteiger partial charge in [0.15, 0.2) is 0 Å². The van der Waals surface area contributed by atoms with Gasteiger partial charge in [-0.15, -0.1) is 0 Å². The van der Waals surface area contributed by atoms with Crippen LogP contribution >= 0.6 is 0 Å². The van der Waals surface area contributed by atoms with Crippen molar-refractivity contribution in [1.29, 1.82) is 0 Å². The molecular weight excluding hydrogens is 528 g/mol. The van der Waals surface area contributed by atoms with Gasteiger partial charge in [-0.3, -0.25) is 0 Å². The highest BCUT2D eigenvalue weighted by Crippen LogP contribution is 2.52. The molecule has 0 atom stereocenters. The van der Waals surface area contributed by atoms with E-state index in [-0.39, 0.29) is 16.2 Å². The molecule has 2 aliphatic carbocycles. The Morgan fingerprint density at radius 1 is 0.545 bits per heavy atom. The predicted octanol–water partition coefficient (Wildman–Crippen LogP) is 12.2. The lowest BCUT2D eigenvalue weighted by molar-refractivity contribution is 0.363. The Hall–Kier alpha value is -3.64. The molecule has 0 aromatic heterocycles. The summed E-state index contributed by atoms with van der Waals surface area (Å²) in [6.45, 7) is 21.1. The Bertz CT molecular complexity index is 1650. The van der Waals surface area contributed by atoms with Crippen molar-refractivity contribution < 1.29 is 0 Å². The average Bonchev–Trinajstić information content (AvgIpc) is 3.61. The summed E-state index contributed by atoms with van der Waals surface area (Å²) in [5.74, 6) is 0.597. The summed E-state index contributed by atoms with van der Waals surface area (Å²) in [5, 5.41) is 0. The van der Waals surface area contributed by atoms with Gasteiger partial charge in [0.05, 0.1) is 0 Å². The van der Waals surface area contributed by atoms with E-state index in [1.165, 1.54) is 55.6 Å². The van der Waals surface area contributed by atoms with Gasteiger partial charge in [-0.2, -0.15) is 0 Å². The van der Waals surface area contributed by atoms with Gasteiger partial charge in [0, 0.05) is 5.41 Å². The molecule has 0 nitrogen and oxygen atoms in total. The second-order valence-corrected chi connectivity index (χ2v) is 16.0. The summed E-state index contributed by atoms with van der Waals surface area (Å²) >= 11 is 0. The fraction of sp³-hybridized carbons (Fsp3) is 0.364. The maximum atomic E-state index is 2.56. The van der Waals surface area contributed by atoms with E-state index in [1.54, 1.807) is 11.1 Å². The van der Waals surface area contributed by atoms with Crippen molar-refractivity contribution in [2.24, 2.45) is 11.3 Å². The zero-order chi connectivity index (χ0) is 31.4. The van der Waals surface area contributed by atoms with E-state index < -0.39 is 0 Å². The molecule has 4 aromatic carbocycles. The first kappa shape index (κ1) is 30.4. The molecule has 6 rings (SSSR count). The maximum Gasteiger partial charge on any atom is 0.0108 e. The average molecular weight is 579 g/mol. The lowest BCUT2D eigenvalue weighted by atomic mass is 9.69. The molecule has 44 heavy (non-hydrogen) atoms. The van der Waals surface area contributed by atoms with Gasteiger partial charge in [0.2, 0.25) is 0 Å². The van der Waals surface area contributed by atoms with Crippen LogP contribution in [0.3, 0.4) is 0 Å². The summed E-state index contributed by atoms with van der Waals surface area (Å²) < 4.78 is 0. The van der Waals surface area contributed by atoms with E-state index >= 15 is 0 Å². The van der Waals surface area contributed by atoms with Crippen LogP contribution in [0.4, 0.5) is 0 Å². The van der Waals surface area contributed by atoms with E-state index in [2.05, 4.69) is 159 Å². The molecule has 0 aliphatic heterocycles. The summed E-state index contributed by atoms with van der Waals surface area (Å²) in [6.07, 6.45) is 8.33. The van der Waals surface area contributed by atoms with Gasteiger partial charge in [-0.25, -0.2) is 0 Å². The Morgan fingerprint density at radius 2 is 0.955 bits per heavy atom. The van der Waals surface area contributed by atoms with Crippen molar-refractivity contribution in [1.82, 2.24) is 0 Å². The second kappa shape index (κ2) is 11.1. The first-order valence-corrected chi connectivity index (χ1v) is 16.6. The third kappa shape index (κ3) is 5.65. The Labute approximate surface area is 267 Å². The zero-order valence-corrected chi connectivity index (χ0v) is 28.4. The first-order chi connectivity index (χ1) is 20.7. The predicted molar refractivity (Wildman–Crippen MR) is 192 cm³/mol. The van der Waals surface area contributed by atoms with Gasteiger partial charge >= 0.3 is 0 Å². The van der Waals surface area contributed by atoms with Crippen molar-refractivity contribution in [3.05, 3.63) is 129 Å². The number of benzene rings is 4. The van der Waals surface area contributed by atoms with E-state index in [0.29, 0.717) is 5.92 Å². The third-order valence-electron chi connectivity index (χ3n) is 10.1. The molecule has 0 bridgehead atoms. The van der Waals surface area contributed by atoms with Crippen molar-refractivity contribution in [3.63, 3.8) is 0 Å². The molecule has 0 saturated carbocycles. The molecule has 0 unspecified atom stereocenters. The second-order valence-electron chi connectivity index (χ2n) is 16.0. The first-order valence-electron chi connectivity index (χ1n) is 16.6. The third-order valence-corrected chi connectivity index (χ3v) is 10.1. The molecule has 226 valence electrons. The zero-order valence-electron chi connectivity index (χ0n) is 28.4. The van der Waals surface area contributed by atoms with Crippen molar-refractivity contribution in [3.8, 4) is 22.3 Å². The largest absolute Gasteiger partial charge is 0.0627 e. The standard InChI is InChI=1S/C44H50/c1-29(2)28-44(9,36-24-32-16-12-20-38(40(32)26-36)30-14-10-18-34(22-30)42(3,4)5)37-25-33-17-13-21-39(41(33)27-37)31-15-11-19-35(23-31)43(6,7)8/h10-23,26-27,29H,24-25,28H2,1-9H3. The molecule has 4 aromatic rings. The fourth-order valence-corrected chi connectivity index (χ4v) is 7.54. The van der Waals surface area contributed by atoms with E-state index in [9.17, 15) is 0 Å². The Morgan fingerprint density at radius 3 is 1.34 bits per heavy atom. The van der Waals surface area contributed by atoms with Crippen LogP contribution in [0.5, 0.6) is 0 Å². The van der Waals surface area contributed by atoms with Crippen LogP contribution in [0.25, 0.3) is 34.4 Å². The van der Waals surface area contributed by atoms with Crippen LogP contribution in [0.1, 0.15) is 102 Å². The molecule has 0 heterocycles. The monoisotopic (exact) mass is 578 g/mol. The highest BCUT2D eigenvalue weighted by molar-refractivity contribution is 5.84. The summed E-state index contributed by atoms with van der Waals surface area (Å²) in [7, 11) is 0. The molecule has 0 fully saturated rings. The SMILES string of the molecule is CC(C)CC(C)(C1=Cc2c(cccc2-c2cccc(C(C)(C)C)c2)C1)C1=Cc2c(cccc2-c2cccc(C(C)(C)C)c2)C1. The molecule has 0 radical (unpaired) electrons. The van der Waals surface area contributed by atoms with Gasteiger partial charge in [0.1, 0.15) is 0 Å². The quantitative estimate of drug-likeness (QED) is 0.213. The van der Waals surface area contributed by atoms with Crippen LogP contribution in [0.15, 0.2) is 96.1 Å². The van der Waals surface area contributed by atoms with Gasteiger partial charge in [0.25, 0.3) is 0 Å². The van der Waals surface area contributed by atoms with Gasteiger partial charge < -0.3 is 0 Å². The van der Waals surface area contributed by atoms with Gasteiger partial charge in [-0.1, -0.05) is 171 Å². The number of allylic oxidation sites excluding steroid dienone is 2. The lowest BCUT2D eigenvalue weighted by Crippen LogP contribution is -2.25. The molecule has 0 N–H and O–H groups in total. The topological polar surface area (TPSA) is 0 Å². The molecule has 0 saturated heterocycles. The van der Waals surface area contributed by atoms with Crippen molar-refractivity contribution >= 4 is 12.2 Å². The van der Waals surface area contributed by atoms with E-state index in [0.717, 1.165) is 19.3 Å². The normalized spacial score (nSPS) is 14.9. The molecule has 2 aliphatic rings. The summed E-state index contributed by atoms with van der Waals surface area (Å²) in [4.78, 5) is 0. The number of hydrogen-bond donors (Lipinski definition) is 0. The number of hydrogen-bond acceptors (Lipinski definition) is 0. The Balaban J connectivity index is 1.42. The highest BCUT2D eigenvalue weighted by Gasteiger charge is 2.38. The number of rotatable bonds is 6. The van der Waals surface area contributed by atoms with Crippen molar-refractivity contribution in [2.45, 2.75) is 92.4 Å². The summed E-state index contributed by atoms with van der Waals surface area (Å²) in [5.41, 5.74) is 17.3. The lowest BCUT2D eigenvalue weighted by Gasteiger charge is -2.35. The van der Waals surface area contributed by atoms with Crippen LogP contribution in [0.2, 0.25) is 0 Å². The number of fused-ring (bicyclic) bond motifs is 2. The van der Waals surface area contributed by atoms with Crippen LogP contribution < -0.4 is 0 Å². The van der Waals surface area contributed by atoms with E-state index in [4.69, 9.17) is 0 Å². The van der Waals surface area contributed by atoms with Crippen LogP contribution in [0, 0.1) is 11.3 Å². The van der Waals surface area contributed by atoms with Gasteiger partial charge in [-0.05, 0) is 91.6 Å². The smallest absolute Gasteiger partial charge is 0.0108 e. The minimum atomic E-state index is 0.00125. The molecular formula is C44H50. The minimum absolute atomic E-state index is 0.00125.